The van der Waals surface area contributed by atoms with Gasteiger partial charge in [0, 0.05) is 6.08 Å². The molecule has 0 bridgehead atoms. The van der Waals surface area contributed by atoms with E-state index in [1.165, 1.54) is 44.9 Å². The van der Waals surface area contributed by atoms with Gasteiger partial charge in [0.15, 0.2) is 0 Å². The highest BCUT2D eigenvalue weighted by Gasteiger charge is 1.97. The van der Waals surface area contributed by atoms with Gasteiger partial charge in [0.05, 0.1) is 6.61 Å². The third-order valence-electron chi connectivity index (χ3n) is 3.47. The van der Waals surface area contributed by atoms with Crippen molar-refractivity contribution in [2.24, 2.45) is 0 Å². The molecule has 0 aromatic rings. The van der Waals surface area contributed by atoms with E-state index in [1.54, 1.807) is 6.08 Å². The van der Waals surface area contributed by atoms with E-state index in [-0.39, 0.29) is 5.97 Å². The largest absolute Gasteiger partial charge is 0.463 e. The summed E-state index contributed by atoms with van der Waals surface area (Å²) in [4.78, 5) is 13.6. The van der Waals surface area contributed by atoms with Crippen molar-refractivity contribution in [1.29, 1.82) is 0 Å². The standard InChI is InChI=1S/C18H35NO2/c1-4-5-6-7-8-9-12-15-18(20)21-17-14-11-10-13-16-19(2)3/h12,15H,4-11,13-14,16-17H2,1-3H3. The maximum atomic E-state index is 11.4. The number of allylic oxidation sites excluding steroid dienone is 1. The van der Waals surface area contributed by atoms with Gasteiger partial charge in [0.2, 0.25) is 0 Å². The third-order valence-corrected chi connectivity index (χ3v) is 3.47. The maximum absolute atomic E-state index is 11.4. The van der Waals surface area contributed by atoms with Crippen LogP contribution in [0.25, 0.3) is 0 Å². The summed E-state index contributed by atoms with van der Waals surface area (Å²) in [7, 11) is 4.19. The van der Waals surface area contributed by atoms with Crippen LogP contribution in [0.3, 0.4) is 0 Å². The van der Waals surface area contributed by atoms with Crippen LogP contribution >= 0.6 is 0 Å². The van der Waals surface area contributed by atoms with Crippen LogP contribution in [0.2, 0.25) is 0 Å². The summed E-state index contributed by atoms with van der Waals surface area (Å²) in [5.41, 5.74) is 0. The lowest BCUT2D eigenvalue weighted by atomic mass is 10.1. The number of carbonyl (C=O) groups excluding carboxylic acids is 1. The molecule has 0 spiro atoms. The van der Waals surface area contributed by atoms with Crippen LogP contribution in [0.5, 0.6) is 0 Å². The molecule has 0 aromatic carbocycles. The van der Waals surface area contributed by atoms with Gasteiger partial charge in [-0.2, -0.15) is 0 Å². The molecule has 124 valence electrons. The van der Waals surface area contributed by atoms with Crippen molar-refractivity contribution < 1.29 is 9.53 Å². The van der Waals surface area contributed by atoms with Crippen molar-refractivity contribution in [2.45, 2.75) is 71.1 Å². The molecule has 0 aromatic heterocycles. The highest BCUT2D eigenvalue weighted by molar-refractivity contribution is 5.81. The highest BCUT2D eigenvalue weighted by atomic mass is 16.5. The van der Waals surface area contributed by atoms with Crippen molar-refractivity contribution in [1.82, 2.24) is 4.90 Å². The first kappa shape index (κ1) is 20.2. The number of esters is 1. The minimum atomic E-state index is -0.183. The van der Waals surface area contributed by atoms with E-state index < -0.39 is 0 Å². The zero-order chi connectivity index (χ0) is 15.8. The molecule has 0 fully saturated rings. The molecule has 3 nitrogen and oxygen atoms in total. The number of ether oxygens (including phenoxy) is 1. The summed E-state index contributed by atoms with van der Waals surface area (Å²) in [5.74, 6) is -0.183. The molecule has 0 saturated heterocycles. The topological polar surface area (TPSA) is 29.5 Å². The summed E-state index contributed by atoms with van der Waals surface area (Å²) in [6.45, 7) is 3.92. The predicted octanol–water partition coefficient (Wildman–Crippen LogP) is 4.57. The molecule has 0 saturated carbocycles. The number of nitrogens with zero attached hydrogens (tertiary/aromatic N) is 1. The first-order valence-electron chi connectivity index (χ1n) is 8.64. The van der Waals surface area contributed by atoms with Gasteiger partial charge in [-0.15, -0.1) is 0 Å². The second-order valence-electron chi connectivity index (χ2n) is 5.99. The number of hydrogen-bond donors (Lipinski definition) is 0. The number of hydrogen-bond acceptors (Lipinski definition) is 3. The maximum Gasteiger partial charge on any atom is 0.330 e. The minimum Gasteiger partial charge on any atom is -0.463 e. The zero-order valence-electron chi connectivity index (χ0n) is 14.4. The summed E-state index contributed by atoms with van der Waals surface area (Å²) in [6, 6.07) is 0. The zero-order valence-corrected chi connectivity index (χ0v) is 14.4. The Hall–Kier alpha value is -0.830. The fraction of sp³-hybridized carbons (Fsp3) is 0.833. The molecule has 0 unspecified atom stereocenters. The van der Waals surface area contributed by atoms with Gasteiger partial charge in [-0.1, -0.05) is 51.5 Å². The predicted molar refractivity (Wildman–Crippen MR) is 90.5 cm³/mol. The molecule has 0 amide bonds. The third kappa shape index (κ3) is 17.1. The molecule has 0 aliphatic heterocycles. The van der Waals surface area contributed by atoms with Gasteiger partial charge in [-0.05, 0) is 46.3 Å². The molecule has 0 radical (unpaired) electrons. The molecule has 0 rings (SSSR count). The second kappa shape index (κ2) is 15.6. The molecule has 21 heavy (non-hydrogen) atoms. The van der Waals surface area contributed by atoms with Crippen LogP contribution in [0.4, 0.5) is 0 Å². The van der Waals surface area contributed by atoms with Crippen molar-refractivity contribution in [3.63, 3.8) is 0 Å². The molecule has 0 aliphatic carbocycles. The fourth-order valence-corrected chi connectivity index (χ4v) is 2.15. The Kier molecular flexibility index (Phi) is 14.9. The number of carbonyl (C=O) groups is 1. The quantitative estimate of drug-likeness (QED) is 0.267. The van der Waals surface area contributed by atoms with E-state index in [0.29, 0.717) is 6.61 Å². The smallest absolute Gasteiger partial charge is 0.330 e. The van der Waals surface area contributed by atoms with E-state index in [1.807, 2.05) is 6.08 Å². The van der Waals surface area contributed by atoms with Gasteiger partial charge in [-0.3, -0.25) is 0 Å². The van der Waals surface area contributed by atoms with E-state index in [0.717, 1.165) is 25.8 Å². The van der Waals surface area contributed by atoms with Crippen LogP contribution in [-0.4, -0.2) is 38.1 Å². The van der Waals surface area contributed by atoms with Crippen LogP contribution in [0.1, 0.15) is 71.1 Å². The fourth-order valence-electron chi connectivity index (χ4n) is 2.15. The van der Waals surface area contributed by atoms with Crippen LogP contribution in [-0.2, 0) is 9.53 Å². The van der Waals surface area contributed by atoms with Crippen LogP contribution < -0.4 is 0 Å². The van der Waals surface area contributed by atoms with Crippen LogP contribution in [0.15, 0.2) is 12.2 Å². The van der Waals surface area contributed by atoms with E-state index in [9.17, 15) is 4.79 Å². The Bertz CT molecular complexity index is 262. The van der Waals surface area contributed by atoms with Crippen molar-refractivity contribution in [3.8, 4) is 0 Å². The monoisotopic (exact) mass is 297 g/mol. The second-order valence-corrected chi connectivity index (χ2v) is 5.99. The van der Waals surface area contributed by atoms with Crippen molar-refractivity contribution >= 4 is 5.97 Å². The Morgan fingerprint density at radius 3 is 2.33 bits per heavy atom. The molecule has 0 atom stereocenters. The van der Waals surface area contributed by atoms with E-state index in [4.69, 9.17) is 4.74 Å². The molecule has 0 heterocycles. The lowest BCUT2D eigenvalue weighted by Crippen LogP contribution is -2.12. The Balaban J connectivity index is 3.29. The first-order valence-corrected chi connectivity index (χ1v) is 8.64. The normalized spacial score (nSPS) is 11.4. The lowest BCUT2D eigenvalue weighted by molar-refractivity contribution is -0.137. The molecule has 3 heteroatoms. The average molecular weight is 297 g/mol. The van der Waals surface area contributed by atoms with Gasteiger partial charge in [0.25, 0.3) is 0 Å². The average Bonchev–Trinajstić information content (AvgIpc) is 2.45. The Morgan fingerprint density at radius 2 is 1.62 bits per heavy atom. The SMILES string of the molecule is CCCCCCCC=CC(=O)OCCCCCCN(C)C. The van der Waals surface area contributed by atoms with E-state index >= 15 is 0 Å². The highest BCUT2D eigenvalue weighted by Crippen LogP contribution is 2.05. The number of rotatable bonds is 14. The van der Waals surface area contributed by atoms with Crippen LogP contribution in [0, 0.1) is 0 Å². The van der Waals surface area contributed by atoms with Gasteiger partial charge >= 0.3 is 5.97 Å². The minimum absolute atomic E-state index is 0.183. The number of unbranched alkanes of at least 4 members (excludes halogenated alkanes) is 8. The molecule has 0 N–H and O–H groups in total. The van der Waals surface area contributed by atoms with Crippen molar-refractivity contribution in [2.75, 3.05) is 27.2 Å². The summed E-state index contributed by atoms with van der Waals surface area (Å²) < 4.78 is 5.18. The van der Waals surface area contributed by atoms with E-state index in [2.05, 4.69) is 25.9 Å². The van der Waals surface area contributed by atoms with Gasteiger partial charge in [0.1, 0.15) is 0 Å². The molecular formula is C18H35NO2. The summed E-state index contributed by atoms with van der Waals surface area (Å²) in [6.07, 6.45) is 15.4. The molecular weight excluding hydrogens is 262 g/mol. The van der Waals surface area contributed by atoms with Crippen molar-refractivity contribution in [3.05, 3.63) is 12.2 Å². The Morgan fingerprint density at radius 1 is 0.952 bits per heavy atom. The lowest BCUT2D eigenvalue weighted by Gasteiger charge is -2.08. The molecule has 0 aliphatic rings. The first-order chi connectivity index (χ1) is 10.2. The Labute approximate surface area is 131 Å². The summed E-state index contributed by atoms with van der Waals surface area (Å²) in [5, 5.41) is 0. The van der Waals surface area contributed by atoms with Gasteiger partial charge in [-0.25, -0.2) is 4.79 Å². The van der Waals surface area contributed by atoms with Gasteiger partial charge < -0.3 is 9.64 Å². The summed E-state index contributed by atoms with van der Waals surface area (Å²) >= 11 is 0.